The summed E-state index contributed by atoms with van der Waals surface area (Å²) in [4.78, 5) is 11.2. The third-order valence-corrected chi connectivity index (χ3v) is 5.47. The Bertz CT molecular complexity index is 1140. The molecular weight excluding hydrogens is 364 g/mol. The Kier molecular flexibility index (Phi) is 4.48. The maximum absolute atomic E-state index is 5.80. The molecule has 145 valence electrons. The Morgan fingerprint density at radius 2 is 1.93 bits per heavy atom. The number of morpholine rings is 1. The zero-order valence-corrected chi connectivity index (χ0v) is 16.4. The molecule has 1 aliphatic rings. The molecule has 29 heavy (non-hydrogen) atoms. The Morgan fingerprint density at radius 3 is 2.72 bits per heavy atom. The van der Waals surface area contributed by atoms with E-state index in [1.807, 2.05) is 32.0 Å². The van der Waals surface area contributed by atoms with Crippen LogP contribution in [0.1, 0.15) is 23.1 Å². The predicted octanol–water partition coefficient (Wildman–Crippen LogP) is 4.28. The monoisotopic (exact) mass is 385 g/mol. The van der Waals surface area contributed by atoms with Crippen molar-refractivity contribution in [2.75, 3.05) is 24.7 Å². The van der Waals surface area contributed by atoms with E-state index in [0.29, 0.717) is 13.2 Å². The first kappa shape index (κ1) is 17.8. The average molecular weight is 385 g/mol. The second kappa shape index (κ2) is 7.29. The standard InChI is InChI=1S/C23H21N4O2/c1-15-22(16(2)29-26-15)18-8-9-20-19(12-18)23(25-14-24-20)27-10-11-28-13-21(27)17-6-4-3-5-7-17/h3-9,12,21H,10-11,13H2,1-2H3/t21-/m1/s1. The van der Waals surface area contributed by atoms with Gasteiger partial charge in [0, 0.05) is 17.5 Å². The number of nitrogens with zero attached hydrogens (tertiary/aromatic N) is 4. The summed E-state index contributed by atoms with van der Waals surface area (Å²) in [5.41, 5.74) is 5.02. The number of fused-ring (bicyclic) bond motifs is 1. The molecule has 1 aliphatic heterocycles. The summed E-state index contributed by atoms with van der Waals surface area (Å²) in [5.74, 6) is 1.68. The second-order valence-corrected chi connectivity index (χ2v) is 7.27. The molecule has 0 bridgehead atoms. The highest BCUT2D eigenvalue weighted by molar-refractivity contribution is 5.93. The minimum absolute atomic E-state index is 0.0965. The molecule has 1 radical (unpaired) electrons. The molecule has 1 atom stereocenters. The highest BCUT2D eigenvalue weighted by atomic mass is 16.5. The van der Waals surface area contributed by atoms with Gasteiger partial charge in [-0.3, -0.25) is 0 Å². The first-order chi connectivity index (χ1) is 14.2. The molecule has 0 saturated carbocycles. The van der Waals surface area contributed by atoms with Gasteiger partial charge in [-0.15, -0.1) is 0 Å². The number of hydrogen-bond acceptors (Lipinski definition) is 6. The fraction of sp³-hybridized carbons (Fsp3) is 0.261. The molecule has 2 aromatic heterocycles. The quantitative estimate of drug-likeness (QED) is 0.524. The van der Waals surface area contributed by atoms with E-state index in [2.05, 4.69) is 56.7 Å². The van der Waals surface area contributed by atoms with E-state index in [1.54, 1.807) is 0 Å². The molecule has 0 spiro atoms. The lowest BCUT2D eigenvalue weighted by Crippen LogP contribution is -2.40. The van der Waals surface area contributed by atoms with E-state index in [-0.39, 0.29) is 6.04 Å². The number of hydrogen-bond donors (Lipinski definition) is 0. The van der Waals surface area contributed by atoms with Crippen LogP contribution >= 0.6 is 0 Å². The SMILES string of the molecule is Cc1noc(C)c1-c1ccc2n[c]nc(N3CCOC[C@@H]3c3ccccc3)c2c1. The van der Waals surface area contributed by atoms with Crippen molar-refractivity contribution in [3.05, 3.63) is 71.9 Å². The van der Waals surface area contributed by atoms with Crippen LogP contribution in [0.25, 0.3) is 22.0 Å². The molecule has 0 N–H and O–H groups in total. The number of aromatic nitrogens is 3. The molecule has 6 nitrogen and oxygen atoms in total. The smallest absolute Gasteiger partial charge is 0.200 e. The van der Waals surface area contributed by atoms with Gasteiger partial charge in [-0.2, -0.15) is 0 Å². The number of rotatable bonds is 3. The lowest BCUT2D eigenvalue weighted by Gasteiger charge is -2.37. The average Bonchev–Trinajstić information content (AvgIpc) is 3.11. The van der Waals surface area contributed by atoms with Gasteiger partial charge in [0.25, 0.3) is 0 Å². The van der Waals surface area contributed by atoms with Gasteiger partial charge in [-0.25, -0.2) is 9.97 Å². The maximum Gasteiger partial charge on any atom is 0.200 e. The number of aryl methyl sites for hydroxylation is 2. The summed E-state index contributed by atoms with van der Waals surface area (Å²) in [6, 6.07) is 16.7. The lowest BCUT2D eigenvalue weighted by molar-refractivity contribution is 0.0939. The van der Waals surface area contributed by atoms with Crippen molar-refractivity contribution in [3.8, 4) is 11.1 Å². The second-order valence-electron chi connectivity index (χ2n) is 7.27. The summed E-state index contributed by atoms with van der Waals surface area (Å²) >= 11 is 0. The van der Waals surface area contributed by atoms with E-state index in [9.17, 15) is 0 Å². The zero-order chi connectivity index (χ0) is 19.8. The Labute approximate surface area is 169 Å². The van der Waals surface area contributed by atoms with Crippen LogP contribution < -0.4 is 4.90 Å². The summed E-state index contributed by atoms with van der Waals surface area (Å²) in [6.07, 6.45) is 2.84. The molecule has 0 amide bonds. The van der Waals surface area contributed by atoms with E-state index in [0.717, 1.165) is 45.8 Å². The van der Waals surface area contributed by atoms with Crippen LogP contribution in [-0.2, 0) is 4.74 Å². The van der Waals surface area contributed by atoms with Crippen molar-refractivity contribution < 1.29 is 9.26 Å². The van der Waals surface area contributed by atoms with Crippen LogP contribution in [0.15, 0.2) is 53.1 Å². The fourth-order valence-electron chi connectivity index (χ4n) is 4.08. The van der Waals surface area contributed by atoms with Crippen LogP contribution in [0, 0.1) is 20.2 Å². The van der Waals surface area contributed by atoms with Crippen molar-refractivity contribution in [3.63, 3.8) is 0 Å². The van der Waals surface area contributed by atoms with E-state index in [4.69, 9.17) is 9.26 Å². The highest BCUT2D eigenvalue weighted by Crippen LogP contribution is 2.35. The van der Waals surface area contributed by atoms with Gasteiger partial charge < -0.3 is 14.2 Å². The molecule has 0 aliphatic carbocycles. The van der Waals surface area contributed by atoms with Crippen molar-refractivity contribution in [2.24, 2.45) is 0 Å². The van der Waals surface area contributed by atoms with Gasteiger partial charge in [0.2, 0.25) is 0 Å². The molecule has 2 aromatic carbocycles. The fourth-order valence-corrected chi connectivity index (χ4v) is 4.08. The predicted molar refractivity (Wildman–Crippen MR) is 111 cm³/mol. The van der Waals surface area contributed by atoms with Gasteiger partial charge in [0.1, 0.15) is 11.6 Å². The van der Waals surface area contributed by atoms with E-state index >= 15 is 0 Å². The number of ether oxygens (including phenoxy) is 1. The Morgan fingerprint density at radius 1 is 1.07 bits per heavy atom. The number of benzene rings is 2. The van der Waals surface area contributed by atoms with Crippen molar-refractivity contribution >= 4 is 16.7 Å². The summed E-state index contributed by atoms with van der Waals surface area (Å²) in [7, 11) is 0. The van der Waals surface area contributed by atoms with Crippen molar-refractivity contribution in [2.45, 2.75) is 19.9 Å². The third-order valence-electron chi connectivity index (χ3n) is 5.47. The molecular formula is C23H21N4O2. The number of anilines is 1. The topological polar surface area (TPSA) is 64.3 Å². The van der Waals surface area contributed by atoms with Gasteiger partial charge in [-0.05, 0) is 37.1 Å². The maximum atomic E-state index is 5.80. The molecule has 4 aromatic rings. The summed E-state index contributed by atoms with van der Waals surface area (Å²) < 4.78 is 11.2. The van der Waals surface area contributed by atoms with Crippen molar-refractivity contribution in [1.29, 1.82) is 0 Å². The van der Waals surface area contributed by atoms with Gasteiger partial charge >= 0.3 is 0 Å². The first-order valence-electron chi connectivity index (χ1n) is 9.73. The van der Waals surface area contributed by atoms with Crippen LogP contribution in [0.3, 0.4) is 0 Å². The minimum atomic E-state index is 0.0965. The highest BCUT2D eigenvalue weighted by Gasteiger charge is 2.27. The third kappa shape index (κ3) is 3.15. The first-order valence-corrected chi connectivity index (χ1v) is 9.73. The summed E-state index contributed by atoms with van der Waals surface area (Å²) in [6.45, 7) is 5.94. The summed E-state index contributed by atoms with van der Waals surface area (Å²) in [5, 5.41) is 5.09. The Balaban J connectivity index is 1.65. The minimum Gasteiger partial charge on any atom is -0.377 e. The lowest BCUT2D eigenvalue weighted by atomic mass is 10.0. The Hall–Kier alpha value is -3.25. The molecule has 1 saturated heterocycles. The van der Waals surface area contributed by atoms with Crippen LogP contribution in [-0.4, -0.2) is 34.9 Å². The zero-order valence-electron chi connectivity index (χ0n) is 16.4. The molecule has 6 heteroatoms. The molecule has 0 unspecified atom stereocenters. The molecule has 3 heterocycles. The molecule has 5 rings (SSSR count). The van der Waals surface area contributed by atoms with Crippen LogP contribution in [0.4, 0.5) is 5.82 Å². The normalized spacial score (nSPS) is 17.0. The van der Waals surface area contributed by atoms with E-state index < -0.39 is 0 Å². The van der Waals surface area contributed by atoms with Crippen LogP contribution in [0.2, 0.25) is 0 Å². The van der Waals surface area contributed by atoms with Gasteiger partial charge in [-0.1, -0.05) is 41.6 Å². The van der Waals surface area contributed by atoms with Crippen LogP contribution in [0.5, 0.6) is 0 Å². The van der Waals surface area contributed by atoms with Gasteiger partial charge in [0.15, 0.2) is 6.33 Å². The van der Waals surface area contributed by atoms with E-state index in [1.165, 1.54) is 5.56 Å². The largest absolute Gasteiger partial charge is 0.377 e. The van der Waals surface area contributed by atoms with Crippen molar-refractivity contribution in [1.82, 2.24) is 15.1 Å². The van der Waals surface area contributed by atoms with Gasteiger partial charge in [0.05, 0.1) is 30.5 Å². The molecule has 1 fully saturated rings.